The van der Waals surface area contributed by atoms with Crippen LogP contribution in [0.5, 0.6) is 0 Å². The highest BCUT2D eigenvalue weighted by Gasteiger charge is 2.14. The summed E-state index contributed by atoms with van der Waals surface area (Å²) in [7, 11) is -3.32. The third-order valence-electron chi connectivity index (χ3n) is 3.04. The lowest BCUT2D eigenvalue weighted by Crippen LogP contribution is -2.20. The van der Waals surface area contributed by atoms with Crippen LogP contribution >= 0.6 is 39.5 Å². The Morgan fingerprint density at radius 1 is 0.600 bits per heavy atom. The van der Waals surface area contributed by atoms with Gasteiger partial charge < -0.3 is 0 Å². The third-order valence-corrected chi connectivity index (χ3v) is 5.49. The SMILES string of the molecule is O=[P+](O)O.SS.c1ccc(P(c2ccccc2)c2ccccc2)cc1. The van der Waals surface area contributed by atoms with Crippen LogP contribution in [0.2, 0.25) is 0 Å². The number of rotatable bonds is 3. The van der Waals surface area contributed by atoms with Gasteiger partial charge in [-0.3, -0.25) is 0 Å². The summed E-state index contributed by atoms with van der Waals surface area (Å²) < 4.78 is 8.70. The zero-order valence-electron chi connectivity index (χ0n) is 13.3. The maximum absolute atomic E-state index is 8.70. The predicted molar refractivity (Wildman–Crippen MR) is 115 cm³/mol. The van der Waals surface area contributed by atoms with Gasteiger partial charge >= 0.3 is 8.25 Å². The number of hydrogen-bond donors (Lipinski definition) is 4. The van der Waals surface area contributed by atoms with Gasteiger partial charge in [-0.15, -0.1) is 33.1 Å². The molecule has 0 saturated heterocycles. The Balaban J connectivity index is 0.000000461. The molecule has 0 radical (unpaired) electrons. The number of hydrogen-bond acceptors (Lipinski definition) is 3. The summed E-state index contributed by atoms with van der Waals surface area (Å²) in [5.74, 6) is 0. The fraction of sp³-hybridized carbons (Fsp3) is 0. The van der Waals surface area contributed by atoms with E-state index in [2.05, 4.69) is 114 Å². The lowest BCUT2D eigenvalue weighted by molar-refractivity contribution is 0.405. The van der Waals surface area contributed by atoms with Gasteiger partial charge in [-0.2, -0.15) is 0 Å². The van der Waals surface area contributed by atoms with E-state index in [0.717, 1.165) is 0 Å². The van der Waals surface area contributed by atoms with Gasteiger partial charge in [0.05, 0.1) is 0 Å². The Kier molecular flexibility index (Phi) is 11.4. The second-order valence-corrected chi connectivity index (χ2v) is 7.32. The van der Waals surface area contributed by atoms with Crippen LogP contribution in [0.3, 0.4) is 0 Å². The van der Waals surface area contributed by atoms with Crippen LogP contribution in [-0.2, 0) is 4.57 Å². The molecule has 0 heterocycles. The molecule has 0 amide bonds. The molecule has 3 rings (SSSR count). The highest BCUT2D eigenvalue weighted by molar-refractivity contribution is 8.59. The quantitative estimate of drug-likeness (QED) is 0.302. The summed E-state index contributed by atoms with van der Waals surface area (Å²) in [5, 5.41) is 4.19. The van der Waals surface area contributed by atoms with E-state index in [1.165, 1.54) is 15.9 Å². The van der Waals surface area contributed by atoms with Crippen LogP contribution in [0.15, 0.2) is 91.0 Å². The second-order valence-electron chi connectivity index (χ2n) is 4.59. The maximum Gasteiger partial charge on any atom is 0.692 e. The molecule has 0 aliphatic heterocycles. The molecule has 0 saturated carbocycles. The summed E-state index contributed by atoms with van der Waals surface area (Å²) in [6, 6.07) is 32.3. The highest BCUT2D eigenvalue weighted by Crippen LogP contribution is 2.32. The third kappa shape index (κ3) is 8.15. The first kappa shape index (κ1) is 21.9. The Bertz CT molecular complexity index is 631. The zero-order chi connectivity index (χ0) is 18.5. The van der Waals surface area contributed by atoms with E-state index in [9.17, 15) is 0 Å². The van der Waals surface area contributed by atoms with Crippen LogP contribution in [0, 0.1) is 0 Å². The summed E-state index contributed by atoms with van der Waals surface area (Å²) in [6.45, 7) is 0. The molecule has 0 fully saturated rings. The van der Waals surface area contributed by atoms with Gasteiger partial charge in [-0.25, -0.2) is 0 Å². The normalized spacial score (nSPS) is 9.32. The highest BCUT2D eigenvalue weighted by atomic mass is 33.1. The smallest absolute Gasteiger partial charge is 0.134 e. The maximum atomic E-state index is 8.70. The average molecular weight is 409 g/mol. The topological polar surface area (TPSA) is 57.5 Å². The largest absolute Gasteiger partial charge is 0.692 e. The lowest BCUT2D eigenvalue weighted by Gasteiger charge is -2.18. The van der Waals surface area contributed by atoms with Gasteiger partial charge in [-0.1, -0.05) is 91.0 Å². The molecule has 7 heteroatoms. The first-order valence-corrected chi connectivity index (χ1v) is 11.3. The number of thiol groups is 2. The molecule has 0 aromatic heterocycles. The minimum Gasteiger partial charge on any atom is -0.134 e. The molecule has 0 aliphatic rings. The minimum absolute atomic E-state index is 0.446. The van der Waals surface area contributed by atoms with Gasteiger partial charge in [0.15, 0.2) is 0 Å². The summed E-state index contributed by atoms with van der Waals surface area (Å²) in [5.41, 5.74) is 0. The Hall–Kier alpha value is -1.19. The van der Waals surface area contributed by atoms with E-state index >= 15 is 0 Å². The van der Waals surface area contributed by atoms with E-state index in [1.54, 1.807) is 0 Å². The molecule has 130 valence electrons. The van der Waals surface area contributed by atoms with Crippen molar-refractivity contribution in [1.82, 2.24) is 0 Å². The van der Waals surface area contributed by atoms with Gasteiger partial charge in [0.25, 0.3) is 0 Å². The second kappa shape index (κ2) is 13.1. The van der Waals surface area contributed by atoms with E-state index in [1.807, 2.05) is 0 Å². The standard InChI is InChI=1S/C18H15P.HO3P.H2S2/c1-4-10-16(11-5-1)19(17-12-6-2-7-13-17)18-14-8-3-9-15-18;1-4(2)3;1-2/h1-15H;(H-,1,2,3);1-2H/p+1. The van der Waals surface area contributed by atoms with Crippen LogP contribution < -0.4 is 15.9 Å². The number of benzene rings is 3. The minimum atomic E-state index is -2.87. The van der Waals surface area contributed by atoms with E-state index in [-0.39, 0.29) is 0 Å². The molecule has 0 atom stereocenters. The van der Waals surface area contributed by atoms with Gasteiger partial charge in [0, 0.05) is 4.57 Å². The monoisotopic (exact) mass is 409 g/mol. The van der Waals surface area contributed by atoms with Crippen molar-refractivity contribution in [3.05, 3.63) is 91.0 Å². The fourth-order valence-corrected chi connectivity index (χ4v) is 4.48. The zero-order valence-corrected chi connectivity index (χ0v) is 16.8. The van der Waals surface area contributed by atoms with Crippen molar-refractivity contribution >= 4 is 55.4 Å². The fourth-order valence-electron chi connectivity index (χ4n) is 2.18. The molecular weight excluding hydrogens is 390 g/mol. The average Bonchev–Trinajstić information content (AvgIpc) is 2.66. The van der Waals surface area contributed by atoms with Crippen molar-refractivity contribution < 1.29 is 14.4 Å². The lowest BCUT2D eigenvalue weighted by atomic mass is 10.4. The first-order chi connectivity index (χ1) is 12.2. The Labute approximate surface area is 160 Å². The van der Waals surface area contributed by atoms with Crippen molar-refractivity contribution in [3.8, 4) is 0 Å². The summed E-state index contributed by atoms with van der Waals surface area (Å²) in [4.78, 5) is 14.2. The van der Waals surface area contributed by atoms with E-state index < -0.39 is 16.2 Å². The Morgan fingerprint density at radius 3 is 1.00 bits per heavy atom. The van der Waals surface area contributed by atoms with Crippen molar-refractivity contribution in [2.24, 2.45) is 0 Å². The van der Waals surface area contributed by atoms with Gasteiger partial charge in [0.2, 0.25) is 0 Å². The van der Waals surface area contributed by atoms with Crippen molar-refractivity contribution in [2.75, 3.05) is 0 Å². The van der Waals surface area contributed by atoms with Crippen molar-refractivity contribution in [2.45, 2.75) is 0 Å². The van der Waals surface area contributed by atoms with Crippen LogP contribution in [0.25, 0.3) is 0 Å². The Morgan fingerprint density at radius 2 is 0.800 bits per heavy atom. The molecule has 3 nitrogen and oxygen atoms in total. The molecule has 3 aromatic carbocycles. The van der Waals surface area contributed by atoms with E-state index in [4.69, 9.17) is 14.4 Å². The van der Waals surface area contributed by atoms with E-state index in [0.29, 0.717) is 0 Å². The molecule has 0 aliphatic carbocycles. The summed E-state index contributed by atoms with van der Waals surface area (Å²) in [6.07, 6.45) is 0. The van der Waals surface area contributed by atoms with Crippen molar-refractivity contribution in [3.63, 3.8) is 0 Å². The molecule has 0 unspecified atom stereocenters. The summed E-state index contributed by atoms with van der Waals surface area (Å²) >= 11 is 6.44. The van der Waals surface area contributed by atoms with Crippen LogP contribution in [0.1, 0.15) is 0 Å². The first-order valence-electron chi connectivity index (χ1n) is 7.19. The molecule has 0 bridgehead atoms. The predicted octanol–water partition coefficient (Wildman–Crippen LogP) is 3.83. The van der Waals surface area contributed by atoms with Crippen LogP contribution in [-0.4, -0.2) is 9.79 Å². The molecule has 2 N–H and O–H groups in total. The molecule has 3 aromatic rings. The molecular formula is C18H19O3P2S2+. The van der Waals surface area contributed by atoms with Crippen LogP contribution in [0.4, 0.5) is 0 Å². The van der Waals surface area contributed by atoms with Gasteiger partial charge in [0.1, 0.15) is 0 Å². The van der Waals surface area contributed by atoms with Crippen molar-refractivity contribution in [1.29, 1.82) is 0 Å². The molecule has 0 spiro atoms. The van der Waals surface area contributed by atoms with Gasteiger partial charge in [-0.05, 0) is 23.8 Å². The molecule has 25 heavy (non-hydrogen) atoms.